The lowest BCUT2D eigenvalue weighted by atomic mass is 9.89. The number of nitrogens with one attached hydrogen (secondary N) is 1. The maximum absolute atomic E-state index is 13.5. The summed E-state index contributed by atoms with van der Waals surface area (Å²) in [4.78, 5) is 24.9. The van der Waals surface area contributed by atoms with Gasteiger partial charge >= 0.3 is 0 Å². The lowest BCUT2D eigenvalue weighted by Crippen LogP contribution is -2.51. The molecule has 2 aromatic heterocycles. The van der Waals surface area contributed by atoms with Gasteiger partial charge in [-0.1, -0.05) is 18.6 Å². The maximum atomic E-state index is 13.5. The summed E-state index contributed by atoms with van der Waals surface area (Å²) in [5.74, 6) is 1.11. The lowest BCUT2D eigenvalue weighted by molar-refractivity contribution is 0.0202. The molecule has 174 valence electrons. The van der Waals surface area contributed by atoms with Gasteiger partial charge in [-0.15, -0.1) is 0 Å². The quantitative estimate of drug-likeness (QED) is 0.623. The number of carbonyl (C=O) groups is 1. The molecule has 1 aromatic carbocycles. The third-order valence-corrected chi connectivity index (χ3v) is 7.19. The molecule has 2 saturated heterocycles. The fourth-order valence-corrected chi connectivity index (χ4v) is 5.46. The number of amides is 1. The monoisotopic (exact) mass is 447 g/mol. The van der Waals surface area contributed by atoms with Crippen LogP contribution in [0, 0.1) is 12.8 Å². The van der Waals surface area contributed by atoms with Gasteiger partial charge in [-0.05, 0) is 69.3 Å². The molecule has 2 aliphatic heterocycles. The number of ether oxygens (including phenoxy) is 1. The van der Waals surface area contributed by atoms with Crippen molar-refractivity contribution in [3.8, 4) is 5.95 Å². The number of aromatic nitrogens is 3. The normalized spacial score (nSPS) is 18.9. The molecule has 0 aliphatic carbocycles. The van der Waals surface area contributed by atoms with E-state index in [2.05, 4.69) is 20.2 Å². The molecule has 4 heterocycles. The minimum absolute atomic E-state index is 0.0296. The summed E-state index contributed by atoms with van der Waals surface area (Å²) in [6.45, 7) is 6.63. The number of hydrogen-bond donors (Lipinski definition) is 1. The summed E-state index contributed by atoms with van der Waals surface area (Å²) in [7, 11) is 0. The molecular weight excluding hydrogens is 414 g/mol. The second-order valence-corrected chi connectivity index (χ2v) is 9.25. The van der Waals surface area contributed by atoms with E-state index in [0.29, 0.717) is 30.0 Å². The Kier molecular flexibility index (Phi) is 6.69. The van der Waals surface area contributed by atoms with Crippen LogP contribution in [0.4, 0.5) is 0 Å². The van der Waals surface area contributed by atoms with E-state index in [1.54, 1.807) is 18.5 Å². The molecule has 1 N–H and O–H groups in total. The minimum Gasteiger partial charge on any atom is -0.381 e. The van der Waals surface area contributed by atoms with Crippen LogP contribution in [0.15, 0.2) is 42.9 Å². The van der Waals surface area contributed by atoms with Gasteiger partial charge in [0, 0.05) is 49.8 Å². The Labute approximate surface area is 195 Å². The van der Waals surface area contributed by atoms with Crippen LogP contribution in [-0.2, 0) is 4.74 Å². The second kappa shape index (κ2) is 10.0. The van der Waals surface area contributed by atoms with E-state index < -0.39 is 0 Å². The Morgan fingerprint density at radius 2 is 1.88 bits per heavy atom. The van der Waals surface area contributed by atoms with E-state index >= 15 is 0 Å². The molecule has 3 aromatic rings. The van der Waals surface area contributed by atoms with E-state index in [-0.39, 0.29) is 5.91 Å². The smallest absolute Gasteiger partial charge is 0.253 e. The fourth-order valence-electron chi connectivity index (χ4n) is 5.46. The molecule has 7 nitrogen and oxygen atoms in total. The Morgan fingerprint density at radius 3 is 2.64 bits per heavy atom. The van der Waals surface area contributed by atoms with Crippen LogP contribution in [0.2, 0.25) is 0 Å². The highest BCUT2D eigenvalue weighted by atomic mass is 16.5. The van der Waals surface area contributed by atoms with Crippen molar-refractivity contribution in [1.29, 1.82) is 0 Å². The van der Waals surface area contributed by atoms with Crippen LogP contribution < -0.4 is 5.32 Å². The molecule has 2 aliphatic rings. The van der Waals surface area contributed by atoms with E-state index in [1.807, 2.05) is 35.9 Å². The van der Waals surface area contributed by atoms with Crippen molar-refractivity contribution < 1.29 is 9.53 Å². The molecule has 7 heteroatoms. The number of benzene rings is 1. The first-order valence-electron chi connectivity index (χ1n) is 12.2. The van der Waals surface area contributed by atoms with Gasteiger partial charge in [0.15, 0.2) is 0 Å². The van der Waals surface area contributed by atoms with Crippen molar-refractivity contribution in [2.75, 3.05) is 32.8 Å². The molecule has 0 saturated carbocycles. The molecule has 1 amide bonds. The number of piperidine rings is 1. The standard InChI is InChI=1S/C26H33N5O2/c1-19-7-5-8-22-24(19)21(18-31(22)26-27-11-6-12-28-26)25(32)29-17-23(20-9-15-33-16-10-20)30-13-3-2-4-14-30/h5-8,11-12,18,20,23H,2-4,9-10,13-17H2,1H3,(H,29,32). The van der Waals surface area contributed by atoms with E-state index in [9.17, 15) is 4.79 Å². The van der Waals surface area contributed by atoms with Gasteiger partial charge in [0.05, 0.1) is 11.1 Å². The zero-order chi connectivity index (χ0) is 22.6. The van der Waals surface area contributed by atoms with Crippen LogP contribution >= 0.6 is 0 Å². The largest absolute Gasteiger partial charge is 0.381 e. The van der Waals surface area contributed by atoms with Crippen molar-refractivity contribution in [2.24, 2.45) is 5.92 Å². The number of rotatable bonds is 6. The molecule has 0 radical (unpaired) electrons. The van der Waals surface area contributed by atoms with Crippen molar-refractivity contribution in [2.45, 2.75) is 45.1 Å². The summed E-state index contributed by atoms with van der Waals surface area (Å²) in [6, 6.07) is 8.24. The van der Waals surface area contributed by atoms with Crippen LogP contribution in [0.25, 0.3) is 16.9 Å². The molecule has 2 fully saturated rings. The third kappa shape index (κ3) is 4.66. The summed E-state index contributed by atoms with van der Waals surface area (Å²) >= 11 is 0. The van der Waals surface area contributed by atoms with E-state index in [4.69, 9.17) is 4.74 Å². The fraction of sp³-hybridized carbons (Fsp3) is 0.500. The first-order chi connectivity index (χ1) is 16.2. The Balaban J connectivity index is 1.41. The predicted molar refractivity (Wildman–Crippen MR) is 129 cm³/mol. The van der Waals surface area contributed by atoms with Gasteiger partial charge in [0.2, 0.25) is 5.95 Å². The molecule has 0 spiro atoms. The highest BCUT2D eigenvalue weighted by Crippen LogP contribution is 2.28. The number of hydrogen-bond acceptors (Lipinski definition) is 5. The van der Waals surface area contributed by atoms with Gasteiger partial charge in [0.1, 0.15) is 0 Å². The van der Waals surface area contributed by atoms with Crippen LogP contribution in [0.1, 0.15) is 48.0 Å². The average Bonchev–Trinajstić information content (AvgIpc) is 3.27. The van der Waals surface area contributed by atoms with Crippen molar-refractivity contribution in [3.63, 3.8) is 0 Å². The SMILES string of the molecule is Cc1cccc2c1c(C(=O)NCC(C1CCOCC1)N1CCCCC1)cn2-c1ncccn1. The zero-order valence-corrected chi connectivity index (χ0v) is 19.4. The summed E-state index contributed by atoms with van der Waals surface area (Å²) in [5.41, 5.74) is 2.70. The predicted octanol–water partition coefficient (Wildman–Crippen LogP) is 3.74. The average molecular weight is 448 g/mol. The summed E-state index contributed by atoms with van der Waals surface area (Å²) in [5, 5.41) is 4.26. The molecular formula is C26H33N5O2. The molecule has 1 atom stereocenters. The molecule has 33 heavy (non-hydrogen) atoms. The second-order valence-electron chi connectivity index (χ2n) is 9.25. The van der Waals surface area contributed by atoms with Crippen LogP contribution in [-0.4, -0.2) is 64.2 Å². The summed E-state index contributed by atoms with van der Waals surface area (Å²) < 4.78 is 7.53. The first-order valence-corrected chi connectivity index (χ1v) is 12.2. The maximum Gasteiger partial charge on any atom is 0.253 e. The van der Waals surface area contributed by atoms with Gasteiger partial charge in [0.25, 0.3) is 5.91 Å². The Hall–Kier alpha value is -2.77. The van der Waals surface area contributed by atoms with Crippen molar-refractivity contribution >= 4 is 16.8 Å². The van der Waals surface area contributed by atoms with Crippen molar-refractivity contribution in [3.05, 3.63) is 54.0 Å². The Bertz CT molecular complexity index is 1070. The zero-order valence-electron chi connectivity index (χ0n) is 19.4. The van der Waals surface area contributed by atoms with Crippen LogP contribution in [0.3, 0.4) is 0 Å². The van der Waals surface area contributed by atoms with E-state index in [1.165, 1.54) is 19.3 Å². The minimum atomic E-state index is -0.0296. The topological polar surface area (TPSA) is 72.3 Å². The Morgan fingerprint density at radius 1 is 1.12 bits per heavy atom. The highest BCUT2D eigenvalue weighted by molar-refractivity contribution is 6.08. The molecule has 5 rings (SSSR count). The van der Waals surface area contributed by atoms with Gasteiger partial charge in [-0.2, -0.15) is 0 Å². The number of likely N-dealkylation sites (tertiary alicyclic amines) is 1. The summed E-state index contributed by atoms with van der Waals surface area (Å²) in [6.07, 6.45) is 11.3. The number of fused-ring (bicyclic) bond motifs is 1. The van der Waals surface area contributed by atoms with Crippen LogP contribution in [0.5, 0.6) is 0 Å². The number of aryl methyl sites for hydroxylation is 1. The van der Waals surface area contributed by atoms with Crippen molar-refractivity contribution in [1.82, 2.24) is 24.8 Å². The third-order valence-electron chi connectivity index (χ3n) is 7.19. The van der Waals surface area contributed by atoms with Gasteiger partial charge in [-0.25, -0.2) is 9.97 Å². The number of carbonyl (C=O) groups excluding carboxylic acids is 1. The lowest BCUT2D eigenvalue weighted by Gasteiger charge is -2.40. The van der Waals surface area contributed by atoms with Gasteiger partial charge in [-0.3, -0.25) is 14.3 Å². The molecule has 0 bridgehead atoms. The number of nitrogens with zero attached hydrogens (tertiary/aromatic N) is 4. The van der Waals surface area contributed by atoms with Gasteiger partial charge < -0.3 is 10.1 Å². The van der Waals surface area contributed by atoms with E-state index in [0.717, 1.165) is 55.6 Å². The first kappa shape index (κ1) is 22.0. The highest BCUT2D eigenvalue weighted by Gasteiger charge is 2.30. The molecule has 1 unspecified atom stereocenters.